The van der Waals surface area contributed by atoms with Crippen LogP contribution < -0.4 is 10.1 Å². The van der Waals surface area contributed by atoms with Crippen molar-refractivity contribution < 1.29 is 14.3 Å². The molecule has 2 aromatic rings. The average Bonchev–Trinajstić information content (AvgIpc) is 2.48. The van der Waals surface area contributed by atoms with Gasteiger partial charge in [0.25, 0.3) is 5.91 Å². The number of hydrogen-bond acceptors (Lipinski definition) is 5. The fraction of sp³-hybridized carbons (Fsp3) is 0.200. The Bertz CT molecular complexity index is 671. The van der Waals surface area contributed by atoms with Crippen LogP contribution in [0.3, 0.4) is 0 Å². The molecule has 6 nitrogen and oxygen atoms in total. The van der Waals surface area contributed by atoms with E-state index in [-0.39, 0.29) is 17.4 Å². The van der Waals surface area contributed by atoms with Gasteiger partial charge in [-0.15, -0.1) is 0 Å². The molecule has 0 fully saturated rings. The van der Waals surface area contributed by atoms with Gasteiger partial charge in [-0.1, -0.05) is 12.1 Å². The number of rotatable bonds is 5. The number of amides is 1. The van der Waals surface area contributed by atoms with E-state index < -0.39 is 0 Å². The molecule has 1 aromatic carbocycles. The number of carbonyl (C=O) groups excluding carboxylic acids is 2. The highest BCUT2D eigenvalue weighted by molar-refractivity contribution is 6.04. The van der Waals surface area contributed by atoms with Crippen molar-refractivity contribution in [2.45, 2.75) is 13.8 Å². The van der Waals surface area contributed by atoms with Crippen molar-refractivity contribution in [1.29, 1.82) is 0 Å². The van der Waals surface area contributed by atoms with Crippen LogP contribution in [-0.4, -0.2) is 28.3 Å². The smallest absolute Gasteiger partial charge is 0.274 e. The highest BCUT2D eigenvalue weighted by Gasteiger charge is 2.10. The summed E-state index contributed by atoms with van der Waals surface area (Å²) in [7, 11) is 0. The summed E-state index contributed by atoms with van der Waals surface area (Å²) >= 11 is 0. The first-order valence-electron chi connectivity index (χ1n) is 6.47. The summed E-state index contributed by atoms with van der Waals surface area (Å²) in [5.74, 6) is -0.110. The molecule has 0 spiro atoms. The minimum absolute atomic E-state index is 0.0632. The second-order valence-corrected chi connectivity index (χ2v) is 4.27. The summed E-state index contributed by atoms with van der Waals surface area (Å²) in [4.78, 5) is 31.2. The molecule has 108 valence electrons. The summed E-state index contributed by atoms with van der Waals surface area (Å²) < 4.78 is 5.22. The van der Waals surface area contributed by atoms with Crippen LogP contribution in [0.25, 0.3) is 0 Å². The monoisotopic (exact) mass is 285 g/mol. The molecule has 0 atom stereocenters. The largest absolute Gasteiger partial charge is 0.478 e. The normalized spacial score (nSPS) is 10.0. The van der Waals surface area contributed by atoms with Gasteiger partial charge < -0.3 is 10.1 Å². The third-order valence-electron chi connectivity index (χ3n) is 2.69. The zero-order chi connectivity index (χ0) is 15.2. The molecule has 0 saturated heterocycles. The number of ketones is 1. The number of ether oxygens (including phenoxy) is 1. The van der Waals surface area contributed by atoms with Gasteiger partial charge in [0, 0.05) is 17.3 Å². The SMILES string of the molecule is CCOc1cc(C(=O)Nc2cccc(C(C)=O)c2)ncn1. The van der Waals surface area contributed by atoms with Gasteiger partial charge in [0.2, 0.25) is 5.88 Å². The molecule has 0 aliphatic rings. The van der Waals surface area contributed by atoms with E-state index in [0.29, 0.717) is 23.7 Å². The molecular weight excluding hydrogens is 270 g/mol. The van der Waals surface area contributed by atoms with E-state index in [2.05, 4.69) is 15.3 Å². The van der Waals surface area contributed by atoms with Crippen molar-refractivity contribution in [3.05, 3.63) is 47.9 Å². The molecule has 1 aromatic heterocycles. The van der Waals surface area contributed by atoms with Gasteiger partial charge in [-0.05, 0) is 26.0 Å². The fourth-order valence-electron chi connectivity index (χ4n) is 1.70. The first-order chi connectivity index (χ1) is 10.1. The van der Waals surface area contributed by atoms with E-state index in [9.17, 15) is 9.59 Å². The number of nitrogens with one attached hydrogen (secondary N) is 1. The van der Waals surface area contributed by atoms with Crippen LogP contribution in [0.4, 0.5) is 5.69 Å². The maximum Gasteiger partial charge on any atom is 0.274 e. The van der Waals surface area contributed by atoms with Gasteiger partial charge in [-0.25, -0.2) is 9.97 Å². The third-order valence-corrected chi connectivity index (χ3v) is 2.69. The second kappa shape index (κ2) is 6.60. The van der Waals surface area contributed by atoms with Gasteiger partial charge in [0.05, 0.1) is 6.61 Å². The number of carbonyl (C=O) groups is 2. The lowest BCUT2D eigenvalue weighted by atomic mass is 10.1. The minimum Gasteiger partial charge on any atom is -0.478 e. The Balaban J connectivity index is 2.16. The van der Waals surface area contributed by atoms with Crippen molar-refractivity contribution >= 4 is 17.4 Å². The first kappa shape index (κ1) is 14.6. The molecule has 0 aliphatic heterocycles. The lowest BCUT2D eigenvalue weighted by Gasteiger charge is -2.07. The summed E-state index contributed by atoms with van der Waals surface area (Å²) in [5, 5.41) is 2.69. The van der Waals surface area contributed by atoms with Gasteiger partial charge in [-0.3, -0.25) is 9.59 Å². The Hall–Kier alpha value is -2.76. The quantitative estimate of drug-likeness (QED) is 0.853. The highest BCUT2D eigenvalue weighted by Crippen LogP contribution is 2.13. The Morgan fingerprint density at radius 1 is 1.24 bits per heavy atom. The van der Waals surface area contributed by atoms with Crippen molar-refractivity contribution in [2.75, 3.05) is 11.9 Å². The van der Waals surface area contributed by atoms with Crippen LogP contribution in [0, 0.1) is 0 Å². The second-order valence-electron chi connectivity index (χ2n) is 4.27. The molecule has 1 N–H and O–H groups in total. The predicted octanol–water partition coefficient (Wildman–Crippen LogP) is 2.33. The number of nitrogens with zero attached hydrogens (tertiary/aromatic N) is 2. The molecule has 0 aliphatic carbocycles. The summed E-state index contributed by atoms with van der Waals surface area (Å²) in [6.07, 6.45) is 1.27. The molecule has 21 heavy (non-hydrogen) atoms. The Labute approximate surface area is 122 Å². The molecule has 0 bridgehead atoms. The van der Waals surface area contributed by atoms with Crippen LogP contribution in [0.15, 0.2) is 36.7 Å². The molecule has 0 unspecified atom stereocenters. The Kier molecular flexibility index (Phi) is 4.61. The Morgan fingerprint density at radius 3 is 2.76 bits per heavy atom. The van der Waals surface area contributed by atoms with Crippen LogP contribution >= 0.6 is 0 Å². The maximum atomic E-state index is 12.1. The van der Waals surface area contributed by atoms with Gasteiger partial charge in [0.15, 0.2) is 5.78 Å². The zero-order valence-electron chi connectivity index (χ0n) is 11.8. The number of Topliss-reactive ketones (excluding diaryl/α,β-unsaturated/α-hetero) is 1. The van der Waals surface area contributed by atoms with Gasteiger partial charge >= 0.3 is 0 Å². The summed E-state index contributed by atoms with van der Waals surface area (Å²) in [5.41, 5.74) is 1.26. The van der Waals surface area contributed by atoms with Crippen LogP contribution in [0.1, 0.15) is 34.7 Å². The molecule has 1 amide bonds. The van der Waals surface area contributed by atoms with Crippen LogP contribution in [0.5, 0.6) is 5.88 Å². The number of aromatic nitrogens is 2. The van der Waals surface area contributed by atoms with E-state index in [1.165, 1.54) is 19.3 Å². The van der Waals surface area contributed by atoms with E-state index in [0.717, 1.165) is 0 Å². The van der Waals surface area contributed by atoms with E-state index in [1.54, 1.807) is 24.3 Å². The third kappa shape index (κ3) is 3.85. The van der Waals surface area contributed by atoms with Crippen molar-refractivity contribution in [2.24, 2.45) is 0 Å². The summed E-state index contributed by atoms with van der Waals surface area (Å²) in [6, 6.07) is 8.18. The molecule has 0 radical (unpaired) electrons. The van der Waals surface area contributed by atoms with Crippen molar-refractivity contribution in [3.8, 4) is 5.88 Å². The molecule has 6 heteroatoms. The standard InChI is InChI=1S/C15H15N3O3/c1-3-21-14-8-13(16-9-17-14)15(20)18-12-6-4-5-11(7-12)10(2)19/h4-9H,3H2,1-2H3,(H,18,20). The number of hydrogen-bond donors (Lipinski definition) is 1. The molecule has 2 rings (SSSR count). The lowest BCUT2D eigenvalue weighted by Crippen LogP contribution is -2.14. The topological polar surface area (TPSA) is 81.2 Å². The van der Waals surface area contributed by atoms with E-state index in [1.807, 2.05) is 6.92 Å². The van der Waals surface area contributed by atoms with Gasteiger partial charge in [-0.2, -0.15) is 0 Å². The lowest BCUT2D eigenvalue weighted by molar-refractivity contribution is 0.100. The molecule has 0 saturated carbocycles. The highest BCUT2D eigenvalue weighted by atomic mass is 16.5. The average molecular weight is 285 g/mol. The maximum absolute atomic E-state index is 12.1. The van der Waals surface area contributed by atoms with Crippen LogP contribution in [0.2, 0.25) is 0 Å². The van der Waals surface area contributed by atoms with Gasteiger partial charge in [0.1, 0.15) is 12.0 Å². The fourth-order valence-corrected chi connectivity index (χ4v) is 1.70. The van der Waals surface area contributed by atoms with Crippen molar-refractivity contribution in [3.63, 3.8) is 0 Å². The van der Waals surface area contributed by atoms with Crippen LogP contribution in [-0.2, 0) is 0 Å². The summed E-state index contributed by atoms with van der Waals surface area (Å²) in [6.45, 7) is 3.76. The zero-order valence-corrected chi connectivity index (χ0v) is 11.8. The Morgan fingerprint density at radius 2 is 2.05 bits per heavy atom. The number of anilines is 1. The van der Waals surface area contributed by atoms with Crippen molar-refractivity contribution in [1.82, 2.24) is 9.97 Å². The van der Waals surface area contributed by atoms with E-state index in [4.69, 9.17) is 4.74 Å². The van der Waals surface area contributed by atoms with E-state index >= 15 is 0 Å². The minimum atomic E-state index is -0.390. The first-order valence-corrected chi connectivity index (χ1v) is 6.47. The predicted molar refractivity (Wildman–Crippen MR) is 77.6 cm³/mol. The number of benzene rings is 1. The molecule has 1 heterocycles. The molecular formula is C15H15N3O3.